The molecular weight excluding hydrogens is 328 g/mol. The zero-order valence-corrected chi connectivity index (χ0v) is 14.4. The van der Waals surface area contributed by atoms with Gasteiger partial charge in [0.15, 0.2) is 0 Å². The Bertz CT molecular complexity index is 984. The third-order valence-electron chi connectivity index (χ3n) is 4.99. The van der Waals surface area contributed by atoms with Crippen LogP contribution in [0.3, 0.4) is 0 Å². The zero-order chi connectivity index (χ0) is 17.9. The van der Waals surface area contributed by atoms with Gasteiger partial charge in [0.05, 0.1) is 23.5 Å². The van der Waals surface area contributed by atoms with Gasteiger partial charge in [-0.15, -0.1) is 0 Å². The number of aromatic amines is 1. The maximum Gasteiger partial charge on any atom is 0.272 e. The van der Waals surface area contributed by atoms with Gasteiger partial charge in [-0.2, -0.15) is 5.10 Å². The average molecular weight is 348 g/mol. The highest BCUT2D eigenvalue weighted by molar-refractivity contribution is 5.88. The van der Waals surface area contributed by atoms with Crippen LogP contribution in [0.4, 0.5) is 0 Å². The number of hydrogen-bond donors (Lipinski definition) is 1. The van der Waals surface area contributed by atoms with Crippen LogP contribution in [0.25, 0.3) is 10.8 Å². The standard InChI is InChI=1S/C20H20N4O2/c25-19(12-17-15-7-1-2-8-16(15)20(26)23-22-17)24-11-4-3-9-18(24)14-6-5-10-21-13-14/h1-2,5-8,10,13,18H,3-4,9,11-12H2,(H,23,26)/t18-/m0/s1. The van der Waals surface area contributed by atoms with Crippen LogP contribution in [0, 0.1) is 0 Å². The van der Waals surface area contributed by atoms with Crippen LogP contribution in [0.15, 0.2) is 53.6 Å². The molecule has 1 fully saturated rings. The number of rotatable bonds is 3. The van der Waals surface area contributed by atoms with Crippen LogP contribution in [0.1, 0.15) is 36.6 Å². The van der Waals surface area contributed by atoms with Gasteiger partial charge in [0.2, 0.25) is 5.91 Å². The van der Waals surface area contributed by atoms with E-state index in [0.717, 1.165) is 36.8 Å². The highest BCUT2D eigenvalue weighted by atomic mass is 16.2. The molecular formula is C20H20N4O2. The predicted octanol–water partition coefficient (Wildman–Crippen LogP) is 2.61. The first-order valence-corrected chi connectivity index (χ1v) is 8.90. The number of piperidine rings is 1. The number of carbonyl (C=O) groups excluding carboxylic acids is 1. The summed E-state index contributed by atoms with van der Waals surface area (Å²) < 4.78 is 0. The van der Waals surface area contributed by atoms with Gasteiger partial charge in [-0.25, -0.2) is 5.10 Å². The number of nitrogens with one attached hydrogen (secondary N) is 1. The molecule has 2 aromatic heterocycles. The first-order valence-electron chi connectivity index (χ1n) is 8.90. The molecule has 0 aliphatic carbocycles. The highest BCUT2D eigenvalue weighted by Gasteiger charge is 2.28. The molecule has 0 radical (unpaired) electrons. The molecule has 3 heterocycles. The monoisotopic (exact) mass is 348 g/mol. The number of benzene rings is 1. The summed E-state index contributed by atoms with van der Waals surface area (Å²) in [6.45, 7) is 0.736. The molecule has 1 atom stereocenters. The van der Waals surface area contributed by atoms with E-state index < -0.39 is 0 Å². The minimum absolute atomic E-state index is 0.0308. The van der Waals surface area contributed by atoms with Gasteiger partial charge in [-0.05, 0) is 37.0 Å². The topological polar surface area (TPSA) is 79.0 Å². The molecule has 4 rings (SSSR count). The van der Waals surface area contributed by atoms with Crippen molar-refractivity contribution in [3.05, 3.63) is 70.4 Å². The van der Waals surface area contributed by atoms with E-state index in [1.165, 1.54) is 0 Å². The van der Waals surface area contributed by atoms with E-state index in [-0.39, 0.29) is 23.9 Å². The quantitative estimate of drug-likeness (QED) is 0.789. The summed E-state index contributed by atoms with van der Waals surface area (Å²) in [6.07, 6.45) is 6.80. The second-order valence-electron chi connectivity index (χ2n) is 6.61. The molecule has 1 N–H and O–H groups in total. The Kier molecular flexibility index (Phi) is 4.48. The minimum atomic E-state index is -0.233. The van der Waals surface area contributed by atoms with Crippen molar-refractivity contribution in [1.29, 1.82) is 0 Å². The summed E-state index contributed by atoms with van der Waals surface area (Å²) in [7, 11) is 0. The highest BCUT2D eigenvalue weighted by Crippen LogP contribution is 2.31. The molecule has 1 saturated heterocycles. The largest absolute Gasteiger partial charge is 0.335 e. The van der Waals surface area contributed by atoms with Gasteiger partial charge in [0.25, 0.3) is 5.56 Å². The first-order chi connectivity index (χ1) is 12.7. The van der Waals surface area contributed by atoms with Crippen LogP contribution in [0.2, 0.25) is 0 Å². The van der Waals surface area contributed by atoms with Gasteiger partial charge in [-0.3, -0.25) is 14.6 Å². The SMILES string of the molecule is O=C(Cc1n[nH]c(=O)c2ccccc12)N1CCCC[C@H]1c1cccnc1. The lowest BCUT2D eigenvalue weighted by atomic mass is 9.95. The van der Waals surface area contributed by atoms with Crippen LogP contribution < -0.4 is 5.56 Å². The normalized spacial score (nSPS) is 17.4. The predicted molar refractivity (Wildman–Crippen MR) is 98.6 cm³/mol. The maximum atomic E-state index is 13.1. The fourth-order valence-electron chi connectivity index (χ4n) is 3.70. The molecule has 1 aromatic carbocycles. The van der Waals surface area contributed by atoms with Crippen LogP contribution in [-0.4, -0.2) is 32.5 Å². The number of likely N-dealkylation sites (tertiary alicyclic amines) is 1. The van der Waals surface area contributed by atoms with Crippen molar-refractivity contribution in [3.8, 4) is 0 Å². The number of carbonyl (C=O) groups is 1. The van der Waals surface area contributed by atoms with E-state index in [9.17, 15) is 9.59 Å². The lowest BCUT2D eigenvalue weighted by Crippen LogP contribution is -2.39. The lowest BCUT2D eigenvalue weighted by molar-refractivity contribution is -0.134. The number of H-pyrrole nitrogens is 1. The molecule has 0 unspecified atom stereocenters. The minimum Gasteiger partial charge on any atom is -0.335 e. The van der Waals surface area contributed by atoms with Crippen molar-refractivity contribution in [1.82, 2.24) is 20.1 Å². The van der Waals surface area contributed by atoms with Gasteiger partial charge in [-0.1, -0.05) is 24.3 Å². The fraction of sp³-hybridized carbons (Fsp3) is 0.300. The molecule has 0 saturated carbocycles. The Morgan fingerprint density at radius 3 is 2.81 bits per heavy atom. The van der Waals surface area contributed by atoms with E-state index >= 15 is 0 Å². The van der Waals surface area contributed by atoms with Gasteiger partial charge >= 0.3 is 0 Å². The Hall–Kier alpha value is -3.02. The molecule has 6 nitrogen and oxygen atoms in total. The van der Waals surface area contributed by atoms with E-state index in [1.807, 2.05) is 41.4 Å². The number of fused-ring (bicyclic) bond motifs is 1. The summed E-state index contributed by atoms with van der Waals surface area (Å²) in [5.41, 5.74) is 1.45. The Morgan fingerprint density at radius 1 is 1.15 bits per heavy atom. The van der Waals surface area contributed by atoms with Gasteiger partial charge in [0, 0.05) is 24.3 Å². The fourth-order valence-corrected chi connectivity index (χ4v) is 3.70. The Morgan fingerprint density at radius 2 is 2.00 bits per heavy atom. The number of aromatic nitrogens is 3. The number of hydrogen-bond acceptors (Lipinski definition) is 4. The summed E-state index contributed by atoms with van der Waals surface area (Å²) in [4.78, 5) is 31.1. The zero-order valence-electron chi connectivity index (χ0n) is 14.4. The van der Waals surface area contributed by atoms with Crippen LogP contribution in [-0.2, 0) is 11.2 Å². The van der Waals surface area contributed by atoms with Gasteiger partial charge in [0.1, 0.15) is 0 Å². The van der Waals surface area contributed by atoms with Crippen LogP contribution in [0.5, 0.6) is 0 Å². The molecule has 6 heteroatoms. The summed E-state index contributed by atoms with van der Waals surface area (Å²) >= 11 is 0. The van der Waals surface area contributed by atoms with E-state index in [1.54, 1.807) is 12.3 Å². The molecule has 3 aromatic rings. The lowest BCUT2D eigenvalue weighted by Gasteiger charge is -2.36. The van der Waals surface area contributed by atoms with Crippen molar-refractivity contribution in [3.63, 3.8) is 0 Å². The van der Waals surface area contributed by atoms with E-state index in [0.29, 0.717) is 11.1 Å². The summed E-state index contributed by atoms with van der Waals surface area (Å²) in [5.74, 6) is 0.0308. The molecule has 26 heavy (non-hydrogen) atoms. The summed E-state index contributed by atoms with van der Waals surface area (Å²) in [5, 5.41) is 7.95. The maximum absolute atomic E-state index is 13.1. The number of amides is 1. The average Bonchev–Trinajstić information content (AvgIpc) is 2.71. The van der Waals surface area contributed by atoms with E-state index in [4.69, 9.17) is 0 Å². The second kappa shape index (κ2) is 7.07. The third-order valence-corrected chi connectivity index (χ3v) is 4.99. The second-order valence-corrected chi connectivity index (χ2v) is 6.61. The number of nitrogens with zero attached hydrogens (tertiary/aromatic N) is 3. The van der Waals surface area contributed by atoms with Crippen molar-refractivity contribution in [2.24, 2.45) is 0 Å². The number of pyridine rings is 1. The molecule has 1 aliphatic rings. The Balaban J connectivity index is 1.63. The third kappa shape index (κ3) is 3.10. The molecule has 0 bridgehead atoms. The molecule has 1 aliphatic heterocycles. The molecule has 1 amide bonds. The van der Waals surface area contributed by atoms with E-state index in [2.05, 4.69) is 15.2 Å². The van der Waals surface area contributed by atoms with Crippen molar-refractivity contribution < 1.29 is 4.79 Å². The van der Waals surface area contributed by atoms with Crippen molar-refractivity contribution >= 4 is 16.7 Å². The molecule has 0 spiro atoms. The molecule has 132 valence electrons. The smallest absolute Gasteiger partial charge is 0.272 e. The first kappa shape index (κ1) is 16.4. The van der Waals surface area contributed by atoms with Gasteiger partial charge < -0.3 is 4.90 Å². The van der Waals surface area contributed by atoms with Crippen LogP contribution >= 0.6 is 0 Å². The van der Waals surface area contributed by atoms with Crippen molar-refractivity contribution in [2.75, 3.05) is 6.54 Å². The Labute approximate surface area is 150 Å². The van der Waals surface area contributed by atoms with Crippen molar-refractivity contribution in [2.45, 2.75) is 31.7 Å². The summed E-state index contributed by atoms with van der Waals surface area (Å²) in [6, 6.07) is 11.3.